The van der Waals surface area contributed by atoms with Gasteiger partial charge in [-0.3, -0.25) is 0 Å². The van der Waals surface area contributed by atoms with Crippen molar-refractivity contribution in [3.05, 3.63) is 10.6 Å². The second-order valence-electron chi connectivity index (χ2n) is 4.92. The standard InChI is InChI=1S/C13H22Cl2N4O2S/c1-3-5-6-7-8-9-10-22(20,21)19(4-2)13-17-11(14)16-12(15)18-13/h3-10H2,1-2H3. The number of rotatable bonds is 10. The highest BCUT2D eigenvalue weighted by atomic mass is 35.5. The molecule has 0 aliphatic carbocycles. The molecule has 0 saturated heterocycles. The van der Waals surface area contributed by atoms with Crippen LogP contribution in [0.3, 0.4) is 0 Å². The van der Waals surface area contributed by atoms with Crippen LogP contribution in [0.15, 0.2) is 0 Å². The van der Waals surface area contributed by atoms with E-state index in [9.17, 15) is 8.42 Å². The lowest BCUT2D eigenvalue weighted by atomic mass is 10.1. The molecule has 6 nitrogen and oxygen atoms in total. The molecular formula is C13H22Cl2N4O2S. The van der Waals surface area contributed by atoms with E-state index >= 15 is 0 Å². The highest BCUT2D eigenvalue weighted by Gasteiger charge is 2.24. The van der Waals surface area contributed by atoms with Crippen molar-refractivity contribution >= 4 is 39.2 Å². The summed E-state index contributed by atoms with van der Waals surface area (Å²) >= 11 is 11.4. The molecule has 0 amide bonds. The van der Waals surface area contributed by atoms with Crippen LogP contribution in [0.5, 0.6) is 0 Å². The van der Waals surface area contributed by atoms with Gasteiger partial charge in [0.05, 0.1) is 5.75 Å². The normalized spacial score (nSPS) is 11.6. The van der Waals surface area contributed by atoms with E-state index in [-0.39, 0.29) is 28.8 Å². The van der Waals surface area contributed by atoms with Gasteiger partial charge in [0.15, 0.2) is 0 Å². The molecule has 0 aromatic carbocycles. The summed E-state index contributed by atoms with van der Waals surface area (Å²) in [7, 11) is -3.49. The van der Waals surface area contributed by atoms with Crippen LogP contribution in [0, 0.1) is 0 Å². The number of unbranched alkanes of at least 4 members (excludes halogenated alkanes) is 5. The minimum Gasteiger partial charge on any atom is -0.238 e. The molecule has 22 heavy (non-hydrogen) atoms. The highest BCUT2D eigenvalue weighted by Crippen LogP contribution is 2.18. The Hall–Kier alpha value is -0.660. The Balaban J connectivity index is 2.67. The van der Waals surface area contributed by atoms with E-state index in [2.05, 4.69) is 21.9 Å². The minimum atomic E-state index is -3.49. The summed E-state index contributed by atoms with van der Waals surface area (Å²) in [6.07, 6.45) is 6.08. The number of nitrogens with zero attached hydrogens (tertiary/aromatic N) is 4. The number of sulfonamides is 1. The molecular weight excluding hydrogens is 347 g/mol. The molecule has 9 heteroatoms. The third kappa shape index (κ3) is 6.22. The summed E-state index contributed by atoms with van der Waals surface area (Å²) in [5.74, 6) is 0.0342. The van der Waals surface area contributed by atoms with Crippen LogP contribution in [-0.2, 0) is 10.0 Å². The lowest BCUT2D eigenvalue weighted by Gasteiger charge is -2.20. The van der Waals surface area contributed by atoms with Crippen molar-refractivity contribution in [3.63, 3.8) is 0 Å². The maximum absolute atomic E-state index is 12.4. The van der Waals surface area contributed by atoms with E-state index in [1.165, 1.54) is 12.8 Å². The topological polar surface area (TPSA) is 76.1 Å². The molecule has 126 valence electrons. The third-order valence-electron chi connectivity index (χ3n) is 3.17. The Labute approximate surface area is 142 Å². The van der Waals surface area contributed by atoms with Gasteiger partial charge >= 0.3 is 0 Å². The summed E-state index contributed by atoms with van der Waals surface area (Å²) in [4.78, 5) is 11.3. The van der Waals surface area contributed by atoms with Crippen LogP contribution < -0.4 is 4.31 Å². The van der Waals surface area contributed by atoms with Gasteiger partial charge in [-0.05, 0) is 36.5 Å². The monoisotopic (exact) mass is 368 g/mol. The average molecular weight is 369 g/mol. The maximum Gasteiger partial charge on any atom is 0.244 e. The van der Waals surface area contributed by atoms with Gasteiger partial charge in [-0.15, -0.1) is 0 Å². The number of hydrogen-bond acceptors (Lipinski definition) is 5. The Morgan fingerprint density at radius 2 is 1.45 bits per heavy atom. The van der Waals surface area contributed by atoms with Gasteiger partial charge in [0.1, 0.15) is 0 Å². The Kier molecular flexibility index (Phi) is 8.35. The van der Waals surface area contributed by atoms with E-state index < -0.39 is 10.0 Å². The molecule has 0 atom stereocenters. The fraction of sp³-hybridized carbons (Fsp3) is 0.769. The minimum absolute atomic E-state index is 0.0292. The van der Waals surface area contributed by atoms with Gasteiger partial charge in [-0.2, -0.15) is 15.0 Å². The molecule has 0 bridgehead atoms. The first kappa shape index (κ1) is 19.4. The van der Waals surface area contributed by atoms with E-state index in [0.717, 1.165) is 23.6 Å². The van der Waals surface area contributed by atoms with Gasteiger partial charge in [0.2, 0.25) is 26.5 Å². The Morgan fingerprint density at radius 1 is 0.909 bits per heavy atom. The van der Waals surface area contributed by atoms with Crippen molar-refractivity contribution in [1.82, 2.24) is 15.0 Å². The second kappa shape index (κ2) is 9.47. The zero-order chi connectivity index (χ0) is 16.6. The highest BCUT2D eigenvalue weighted by molar-refractivity contribution is 7.92. The molecule has 0 aliphatic heterocycles. The molecule has 1 rings (SSSR count). The second-order valence-corrected chi connectivity index (χ2v) is 7.61. The van der Waals surface area contributed by atoms with Gasteiger partial charge in [-0.1, -0.05) is 39.0 Å². The Morgan fingerprint density at radius 3 is 2.00 bits per heavy atom. The van der Waals surface area contributed by atoms with E-state index in [1.54, 1.807) is 6.92 Å². The molecule has 1 heterocycles. The number of anilines is 1. The number of halogens is 2. The van der Waals surface area contributed by atoms with Crippen LogP contribution in [0.4, 0.5) is 5.95 Å². The van der Waals surface area contributed by atoms with Gasteiger partial charge in [-0.25, -0.2) is 12.7 Å². The molecule has 1 aromatic rings. The Bertz CT molecular complexity index is 549. The van der Waals surface area contributed by atoms with Crippen LogP contribution in [-0.4, -0.2) is 35.7 Å². The van der Waals surface area contributed by atoms with Gasteiger partial charge < -0.3 is 0 Å². The van der Waals surface area contributed by atoms with E-state index in [0.29, 0.717) is 6.42 Å². The predicted molar refractivity (Wildman–Crippen MR) is 90.0 cm³/mol. The summed E-state index contributed by atoms with van der Waals surface area (Å²) in [5, 5.41) is -0.244. The SMILES string of the molecule is CCCCCCCCS(=O)(=O)N(CC)c1nc(Cl)nc(Cl)n1. The fourth-order valence-corrected chi connectivity index (χ4v) is 3.93. The molecule has 0 fully saturated rings. The summed E-state index contributed by atoms with van der Waals surface area (Å²) in [6.45, 7) is 4.08. The van der Waals surface area contributed by atoms with Crippen molar-refractivity contribution in [1.29, 1.82) is 0 Å². The van der Waals surface area contributed by atoms with Crippen molar-refractivity contribution in [2.75, 3.05) is 16.6 Å². The lowest BCUT2D eigenvalue weighted by molar-refractivity contribution is 0.579. The first-order valence-electron chi connectivity index (χ1n) is 7.48. The maximum atomic E-state index is 12.4. The molecule has 0 radical (unpaired) electrons. The third-order valence-corrected chi connectivity index (χ3v) is 5.41. The average Bonchev–Trinajstić information content (AvgIpc) is 2.42. The molecule has 0 unspecified atom stereocenters. The van der Waals surface area contributed by atoms with Crippen molar-refractivity contribution in [2.24, 2.45) is 0 Å². The van der Waals surface area contributed by atoms with Gasteiger partial charge in [0.25, 0.3) is 0 Å². The first-order chi connectivity index (χ1) is 10.4. The summed E-state index contributed by atoms with van der Waals surface area (Å²) in [5.41, 5.74) is 0. The van der Waals surface area contributed by atoms with Crippen LogP contribution in [0.2, 0.25) is 10.6 Å². The van der Waals surface area contributed by atoms with Crippen LogP contribution >= 0.6 is 23.2 Å². The zero-order valence-corrected chi connectivity index (χ0v) is 15.3. The van der Waals surface area contributed by atoms with Gasteiger partial charge in [0, 0.05) is 6.54 Å². The van der Waals surface area contributed by atoms with E-state index in [1.807, 2.05) is 0 Å². The fourth-order valence-electron chi connectivity index (χ4n) is 2.07. The molecule has 0 aliphatic rings. The van der Waals surface area contributed by atoms with Crippen molar-refractivity contribution in [2.45, 2.75) is 52.4 Å². The van der Waals surface area contributed by atoms with Crippen LogP contribution in [0.1, 0.15) is 52.4 Å². The molecule has 0 spiro atoms. The molecule has 0 saturated carbocycles. The van der Waals surface area contributed by atoms with Crippen molar-refractivity contribution in [3.8, 4) is 0 Å². The number of aromatic nitrogens is 3. The zero-order valence-electron chi connectivity index (χ0n) is 12.9. The smallest absolute Gasteiger partial charge is 0.238 e. The summed E-state index contributed by atoms with van der Waals surface area (Å²) in [6, 6.07) is 0. The first-order valence-corrected chi connectivity index (χ1v) is 9.84. The quantitative estimate of drug-likeness (QED) is 0.588. The largest absolute Gasteiger partial charge is 0.244 e. The lowest BCUT2D eigenvalue weighted by Crippen LogP contribution is -2.34. The van der Waals surface area contributed by atoms with E-state index in [4.69, 9.17) is 23.2 Å². The van der Waals surface area contributed by atoms with Crippen LogP contribution in [0.25, 0.3) is 0 Å². The number of hydrogen-bond donors (Lipinski definition) is 0. The van der Waals surface area contributed by atoms with Crippen molar-refractivity contribution < 1.29 is 8.42 Å². The summed E-state index contributed by atoms with van der Waals surface area (Å²) < 4.78 is 25.9. The molecule has 1 aromatic heterocycles. The molecule has 0 N–H and O–H groups in total. The predicted octanol–water partition coefficient (Wildman–Crippen LogP) is 3.70.